The molecule has 0 aromatic heterocycles. The highest BCUT2D eigenvalue weighted by molar-refractivity contribution is 7.76. The van der Waals surface area contributed by atoms with Crippen LogP contribution in [0, 0.1) is 33.5 Å². The molecule has 1 aliphatic heterocycles. The van der Waals surface area contributed by atoms with E-state index in [0.29, 0.717) is 11.8 Å². The normalized spacial score (nSPS) is 48.3. The molecule has 6 nitrogen and oxygen atoms in total. The number of rotatable bonds is 4. The summed E-state index contributed by atoms with van der Waals surface area (Å²) in [7, 11) is -1.86. The number of ether oxygens (including phenoxy) is 2. The second-order valence-electron chi connectivity index (χ2n) is 12.7. The van der Waals surface area contributed by atoms with Gasteiger partial charge in [-0.2, -0.15) is 0 Å². The van der Waals surface area contributed by atoms with Crippen molar-refractivity contribution in [1.29, 1.82) is 0 Å². The van der Waals surface area contributed by atoms with Crippen LogP contribution in [-0.4, -0.2) is 36.4 Å². The zero-order valence-corrected chi connectivity index (χ0v) is 21.6. The summed E-state index contributed by atoms with van der Waals surface area (Å²) < 4.78 is 23.3. The number of esters is 2. The van der Waals surface area contributed by atoms with Crippen LogP contribution in [0.3, 0.4) is 0 Å². The minimum atomic E-state index is -1.86. The van der Waals surface area contributed by atoms with Crippen LogP contribution in [0.2, 0.25) is 0 Å². The van der Waals surface area contributed by atoms with Crippen LogP contribution in [0.5, 0.6) is 0 Å². The fraction of sp³-hybridized carbons (Fsp3) is 0.917. The predicted octanol–water partition coefficient (Wildman–Crippen LogP) is 5.75. The molecule has 0 unspecified atom stereocenters. The van der Waals surface area contributed by atoms with Gasteiger partial charge in [0.25, 0.3) is 7.73 Å². The number of carbonyl (C=O) groups is 2. The summed E-state index contributed by atoms with van der Waals surface area (Å²) in [6.45, 7) is 13.1. The van der Waals surface area contributed by atoms with E-state index in [4.69, 9.17) is 29.8 Å². The van der Waals surface area contributed by atoms with E-state index in [1.165, 1.54) is 12.8 Å². The molecule has 0 amide bonds. The van der Waals surface area contributed by atoms with Crippen molar-refractivity contribution < 1.29 is 28.1 Å². The average molecular weight is 487 g/mol. The fourth-order valence-corrected chi connectivity index (χ4v) is 9.43. The van der Waals surface area contributed by atoms with Gasteiger partial charge in [-0.25, -0.2) is 9.59 Å². The lowest BCUT2D eigenvalue weighted by molar-refractivity contribution is -0.184. The van der Waals surface area contributed by atoms with E-state index in [9.17, 15) is 9.59 Å². The van der Waals surface area contributed by atoms with Crippen molar-refractivity contribution in [2.24, 2.45) is 33.5 Å². The van der Waals surface area contributed by atoms with Crippen molar-refractivity contribution in [3.05, 3.63) is 0 Å². The Hall–Kier alpha value is -0.420. The first-order valence-corrected chi connectivity index (χ1v) is 14.1. The van der Waals surface area contributed by atoms with Gasteiger partial charge in [-0.05, 0) is 61.6 Å². The minimum absolute atomic E-state index is 0.0350. The monoisotopic (exact) mass is 486 g/mol. The molecule has 0 radical (unpaired) electrons. The molecule has 0 N–H and O–H groups in total. The van der Waals surface area contributed by atoms with Crippen LogP contribution >= 0.6 is 19.0 Å². The van der Waals surface area contributed by atoms with E-state index in [0.717, 1.165) is 25.7 Å². The van der Waals surface area contributed by atoms with E-state index in [2.05, 4.69) is 41.5 Å². The topological polar surface area (TPSA) is 71.1 Å². The first-order chi connectivity index (χ1) is 14.8. The predicted molar refractivity (Wildman–Crippen MR) is 121 cm³/mol. The maximum Gasteiger partial charge on any atom is 0.339 e. The largest absolute Gasteiger partial charge is 0.459 e. The quantitative estimate of drug-likeness (QED) is 0.372. The van der Waals surface area contributed by atoms with Crippen molar-refractivity contribution >= 4 is 30.9 Å². The molecule has 180 valence electrons. The minimum Gasteiger partial charge on any atom is -0.459 e. The first-order valence-electron chi connectivity index (χ1n) is 12.0. The molecule has 5 rings (SSSR count). The number of hydrogen-bond donors (Lipinski definition) is 0. The first kappa shape index (κ1) is 23.3. The summed E-state index contributed by atoms with van der Waals surface area (Å²) in [6, 6.07) is 0. The van der Waals surface area contributed by atoms with Gasteiger partial charge in [0.05, 0.1) is 0 Å². The van der Waals surface area contributed by atoms with E-state index < -0.39 is 31.9 Å². The average Bonchev–Trinajstić information content (AvgIpc) is 3.45. The Kier molecular flexibility index (Phi) is 5.31. The molecule has 5 fully saturated rings. The Balaban J connectivity index is 1.30. The Labute approximate surface area is 197 Å². The summed E-state index contributed by atoms with van der Waals surface area (Å²) in [5, 5.41) is 0. The van der Waals surface area contributed by atoms with Crippen molar-refractivity contribution in [2.45, 2.75) is 104 Å². The maximum atomic E-state index is 13.2. The molecule has 5 aliphatic rings. The lowest BCUT2D eigenvalue weighted by atomic mass is 9.70. The van der Waals surface area contributed by atoms with Crippen LogP contribution in [0.15, 0.2) is 0 Å². The molecule has 32 heavy (non-hydrogen) atoms. The highest BCUT2D eigenvalue weighted by Gasteiger charge is 2.64. The molecule has 8 heteroatoms. The van der Waals surface area contributed by atoms with Crippen molar-refractivity contribution in [3.63, 3.8) is 0 Å². The molecule has 4 aliphatic carbocycles. The van der Waals surface area contributed by atoms with Gasteiger partial charge in [-0.3, -0.25) is 0 Å². The highest BCUT2D eigenvalue weighted by atomic mass is 35.7. The maximum absolute atomic E-state index is 13.2. The Morgan fingerprint density at radius 2 is 1.16 bits per heavy atom. The van der Waals surface area contributed by atoms with E-state index in [1.54, 1.807) is 0 Å². The van der Waals surface area contributed by atoms with Gasteiger partial charge in [0.2, 0.25) is 0 Å². The van der Waals surface area contributed by atoms with Crippen LogP contribution in [0.25, 0.3) is 0 Å². The standard InChI is InChI=1S/C24H36ClO6P/c1-21(2)13-7-9-23(5,11-13)19(21)28-17(26)15-16(31-32(25)30-15)18(27)29-20-22(3,4)14-8-10-24(20,6)12-14/h13-16,19-20H,7-12H2,1-6H3/t13-,14-,15+,16+,19-,20-,23+,24+/m0/s1. The molecule has 0 aromatic carbocycles. The third-order valence-corrected chi connectivity index (χ3v) is 11.1. The summed E-state index contributed by atoms with van der Waals surface area (Å²) in [5.41, 5.74) is -0.281. The van der Waals surface area contributed by atoms with Gasteiger partial charge in [0.1, 0.15) is 12.2 Å². The number of halogens is 1. The Morgan fingerprint density at radius 3 is 1.47 bits per heavy atom. The molecule has 1 saturated heterocycles. The summed E-state index contributed by atoms with van der Waals surface area (Å²) in [5.74, 6) is -0.0545. The lowest BCUT2D eigenvalue weighted by Crippen LogP contribution is -2.49. The molecule has 0 spiro atoms. The second-order valence-corrected chi connectivity index (χ2v) is 14.4. The van der Waals surface area contributed by atoms with Crippen molar-refractivity contribution in [1.82, 2.24) is 0 Å². The van der Waals surface area contributed by atoms with Crippen LogP contribution in [-0.2, 0) is 28.1 Å². The fourth-order valence-electron chi connectivity index (χ4n) is 8.11. The van der Waals surface area contributed by atoms with Gasteiger partial charge in [0.15, 0.2) is 12.2 Å². The van der Waals surface area contributed by atoms with E-state index in [1.807, 2.05) is 0 Å². The van der Waals surface area contributed by atoms with Crippen molar-refractivity contribution in [2.75, 3.05) is 0 Å². The Morgan fingerprint density at radius 1 is 0.781 bits per heavy atom. The van der Waals surface area contributed by atoms with E-state index in [-0.39, 0.29) is 33.9 Å². The molecule has 4 saturated carbocycles. The summed E-state index contributed by atoms with van der Waals surface area (Å²) >= 11 is 6.12. The Bertz CT molecular complexity index is 756. The number of carbonyl (C=O) groups excluding carboxylic acids is 2. The molecule has 4 bridgehead atoms. The van der Waals surface area contributed by atoms with Crippen LogP contribution in [0.1, 0.15) is 80.1 Å². The van der Waals surface area contributed by atoms with Gasteiger partial charge in [0, 0.05) is 21.7 Å². The lowest BCUT2D eigenvalue weighted by Gasteiger charge is -2.42. The number of hydrogen-bond acceptors (Lipinski definition) is 6. The molecule has 8 atom stereocenters. The molecular formula is C24H36ClO6P. The smallest absolute Gasteiger partial charge is 0.339 e. The van der Waals surface area contributed by atoms with Gasteiger partial charge < -0.3 is 18.5 Å². The molecular weight excluding hydrogens is 451 g/mol. The molecule has 1 heterocycles. The van der Waals surface area contributed by atoms with Gasteiger partial charge >= 0.3 is 11.9 Å². The highest BCUT2D eigenvalue weighted by Crippen LogP contribution is 2.65. The van der Waals surface area contributed by atoms with Crippen molar-refractivity contribution in [3.8, 4) is 0 Å². The van der Waals surface area contributed by atoms with E-state index >= 15 is 0 Å². The zero-order valence-electron chi connectivity index (χ0n) is 20.0. The summed E-state index contributed by atoms with van der Waals surface area (Å²) in [4.78, 5) is 26.5. The second kappa shape index (κ2) is 7.29. The third-order valence-electron chi connectivity index (χ3n) is 9.88. The number of fused-ring (bicyclic) bond motifs is 4. The van der Waals surface area contributed by atoms with Crippen LogP contribution in [0.4, 0.5) is 0 Å². The third kappa shape index (κ3) is 3.30. The SMILES string of the molecule is CC1(C)[C@H]2CC[C@](C)(C2)[C@H]1OC(=O)[C@@H]1OP(Cl)O[C@H]1C(=O)O[C@H]1C(C)(C)[C@H]2CC[C@]1(C)C2. The van der Waals surface area contributed by atoms with Gasteiger partial charge in [-0.1, -0.05) is 41.5 Å². The molecule has 0 aromatic rings. The van der Waals surface area contributed by atoms with Gasteiger partial charge in [-0.15, -0.1) is 0 Å². The zero-order chi connectivity index (χ0) is 23.3. The van der Waals surface area contributed by atoms with Crippen LogP contribution < -0.4 is 0 Å². The summed E-state index contributed by atoms with van der Waals surface area (Å²) in [6.07, 6.45) is 3.75.